The van der Waals surface area contributed by atoms with Gasteiger partial charge in [0.05, 0.1) is 5.41 Å². The quantitative estimate of drug-likeness (QED) is 0.174. The topological polar surface area (TPSA) is 15.5 Å². The van der Waals surface area contributed by atoms with Crippen LogP contribution in [0.15, 0.2) is 114 Å². The highest BCUT2D eigenvalue weighted by atomic mass is 16.5. The van der Waals surface area contributed by atoms with Crippen LogP contribution in [0.1, 0.15) is 95.4 Å². The van der Waals surface area contributed by atoms with E-state index < -0.39 is 0 Å². The van der Waals surface area contributed by atoms with Crippen LogP contribution in [0.4, 0.5) is 11.4 Å². The summed E-state index contributed by atoms with van der Waals surface area (Å²) in [6.07, 6.45) is 16.2. The molecule has 244 valence electrons. The monoisotopic (exact) mass is 625 g/mol. The van der Waals surface area contributed by atoms with Gasteiger partial charge in [0.15, 0.2) is 5.71 Å². The lowest BCUT2D eigenvalue weighted by atomic mass is 9.80. The van der Waals surface area contributed by atoms with Crippen molar-refractivity contribution >= 4 is 17.1 Å². The fourth-order valence-electron chi connectivity index (χ4n) is 7.79. The van der Waals surface area contributed by atoms with Gasteiger partial charge in [-0.3, -0.25) is 0 Å². The Hall–Kier alpha value is -4.11. The minimum atomic E-state index is -0.0762. The third-order valence-electron chi connectivity index (χ3n) is 10.6. The lowest BCUT2D eigenvalue weighted by molar-refractivity contribution is -0.401. The van der Waals surface area contributed by atoms with Crippen LogP contribution in [0.5, 0.6) is 5.75 Å². The molecule has 0 aromatic heterocycles. The second-order valence-electron chi connectivity index (χ2n) is 14.8. The van der Waals surface area contributed by atoms with Crippen LogP contribution >= 0.6 is 0 Å². The van der Waals surface area contributed by atoms with Crippen molar-refractivity contribution in [2.45, 2.75) is 97.8 Å². The van der Waals surface area contributed by atoms with Crippen molar-refractivity contribution in [3.05, 3.63) is 136 Å². The van der Waals surface area contributed by atoms with E-state index in [1.165, 1.54) is 75.4 Å². The highest BCUT2D eigenvalue weighted by molar-refractivity contribution is 6.03. The van der Waals surface area contributed by atoms with E-state index in [4.69, 9.17) is 4.74 Å². The predicted molar refractivity (Wildman–Crippen MR) is 199 cm³/mol. The molecule has 3 heteroatoms. The molecule has 47 heavy (non-hydrogen) atoms. The van der Waals surface area contributed by atoms with Crippen molar-refractivity contribution in [1.82, 2.24) is 0 Å². The fourth-order valence-corrected chi connectivity index (χ4v) is 7.79. The third-order valence-corrected chi connectivity index (χ3v) is 10.6. The molecule has 0 bridgehead atoms. The van der Waals surface area contributed by atoms with Gasteiger partial charge >= 0.3 is 0 Å². The maximum absolute atomic E-state index is 6.84. The molecular formula is C44H53N2O+. The number of rotatable bonds is 9. The predicted octanol–water partition coefficient (Wildman–Crippen LogP) is 11.2. The zero-order valence-electron chi connectivity index (χ0n) is 29.9. The van der Waals surface area contributed by atoms with Crippen molar-refractivity contribution in [3.8, 4) is 5.75 Å². The van der Waals surface area contributed by atoms with Crippen LogP contribution in [-0.4, -0.2) is 23.9 Å². The lowest BCUT2D eigenvalue weighted by Gasteiger charge is -2.27. The Bertz CT molecular complexity index is 1810. The number of hydrogen-bond acceptors (Lipinski definition) is 2. The maximum Gasteiger partial charge on any atom is 0.209 e. The van der Waals surface area contributed by atoms with E-state index in [0.29, 0.717) is 0 Å². The Kier molecular flexibility index (Phi) is 9.20. The van der Waals surface area contributed by atoms with Gasteiger partial charge in [-0.1, -0.05) is 87.2 Å². The number of aryl methyl sites for hydroxylation is 2. The van der Waals surface area contributed by atoms with Gasteiger partial charge in [-0.2, -0.15) is 4.58 Å². The summed E-state index contributed by atoms with van der Waals surface area (Å²) in [6, 6.07) is 24.3. The minimum Gasteiger partial charge on any atom is -0.457 e. The standard InChI is InChI=1S/C44H53N2O/c1-9-10-13-29-46-39-18-12-11-17-36(39)43(4,5)41(46)28-23-34-16-14-15-33(42(34)47-35-24-19-31(2)20-25-35)22-27-40-44(6,7)37-30-32(3)21-26-38(37)45(40)8/h11-12,17-28,30H,9-10,13-16,29H2,1-8H3/q+1. The molecule has 3 nitrogen and oxygen atoms in total. The minimum absolute atomic E-state index is 0.0679. The number of anilines is 1. The molecule has 0 N–H and O–H groups in total. The third kappa shape index (κ3) is 6.30. The number of allylic oxidation sites excluding steroid dienone is 7. The van der Waals surface area contributed by atoms with E-state index >= 15 is 0 Å². The second-order valence-corrected chi connectivity index (χ2v) is 14.8. The molecule has 0 saturated carbocycles. The van der Waals surface area contributed by atoms with Crippen LogP contribution in [0.2, 0.25) is 0 Å². The van der Waals surface area contributed by atoms with E-state index in [2.05, 4.69) is 156 Å². The summed E-state index contributed by atoms with van der Waals surface area (Å²) in [7, 11) is 2.20. The van der Waals surface area contributed by atoms with Gasteiger partial charge in [0.25, 0.3) is 0 Å². The van der Waals surface area contributed by atoms with E-state index in [0.717, 1.165) is 37.3 Å². The normalized spacial score (nSPS) is 20.1. The highest BCUT2D eigenvalue weighted by Gasteiger charge is 2.43. The molecule has 0 fully saturated rings. The summed E-state index contributed by atoms with van der Waals surface area (Å²) in [6.45, 7) is 17.1. The summed E-state index contributed by atoms with van der Waals surface area (Å²) < 4.78 is 9.20. The number of hydrogen-bond donors (Lipinski definition) is 0. The SMILES string of the molecule is CCCCCN1/C(=C/C=C2\CCCC(/C=C/C3=[N+](C)c4ccc(C)cc4C3(C)C)=C2Oc2ccc(C)cc2)C(C)(C)c2ccccc21. The van der Waals surface area contributed by atoms with Crippen LogP contribution in [-0.2, 0) is 10.8 Å². The van der Waals surface area contributed by atoms with E-state index in [1.54, 1.807) is 0 Å². The molecule has 0 radical (unpaired) electrons. The molecule has 3 aromatic rings. The van der Waals surface area contributed by atoms with Crippen LogP contribution in [0.25, 0.3) is 0 Å². The lowest BCUT2D eigenvalue weighted by Crippen LogP contribution is -2.27. The zero-order chi connectivity index (χ0) is 33.3. The summed E-state index contributed by atoms with van der Waals surface area (Å²) in [5.74, 6) is 1.90. The summed E-state index contributed by atoms with van der Waals surface area (Å²) in [5.41, 5.74) is 13.1. The Morgan fingerprint density at radius 3 is 2.32 bits per heavy atom. The van der Waals surface area contributed by atoms with Crippen molar-refractivity contribution < 1.29 is 9.31 Å². The van der Waals surface area contributed by atoms with Gasteiger partial charge in [-0.05, 0) is 107 Å². The van der Waals surface area contributed by atoms with Gasteiger partial charge in [0, 0.05) is 41.1 Å². The smallest absolute Gasteiger partial charge is 0.209 e. The van der Waals surface area contributed by atoms with Crippen molar-refractivity contribution in [2.75, 3.05) is 18.5 Å². The van der Waals surface area contributed by atoms with Crippen LogP contribution < -0.4 is 9.64 Å². The van der Waals surface area contributed by atoms with Gasteiger partial charge in [0.2, 0.25) is 5.69 Å². The van der Waals surface area contributed by atoms with Crippen LogP contribution in [0.3, 0.4) is 0 Å². The van der Waals surface area contributed by atoms with E-state index in [1.807, 2.05) is 0 Å². The number of nitrogens with zero attached hydrogens (tertiary/aromatic N) is 2. The van der Waals surface area contributed by atoms with Crippen molar-refractivity contribution in [2.24, 2.45) is 0 Å². The first-order valence-electron chi connectivity index (χ1n) is 17.7. The summed E-state index contributed by atoms with van der Waals surface area (Å²) in [5, 5.41) is 0. The van der Waals surface area contributed by atoms with Crippen molar-refractivity contribution in [1.29, 1.82) is 0 Å². The van der Waals surface area contributed by atoms with Gasteiger partial charge in [-0.15, -0.1) is 0 Å². The molecule has 0 atom stereocenters. The first kappa shape index (κ1) is 32.8. The molecule has 0 spiro atoms. The number of unbranched alkanes of at least 4 members (excludes halogenated alkanes) is 2. The van der Waals surface area contributed by atoms with Crippen molar-refractivity contribution in [3.63, 3.8) is 0 Å². The van der Waals surface area contributed by atoms with Crippen LogP contribution in [0, 0.1) is 13.8 Å². The number of benzene rings is 3. The highest BCUT2D eigenvalue weighted by Crippen LogP contribution is 2.48. The van der Waals surface area contributed by atoms with Gasteiger partial charge in [-0.25, -0.2) is 0 Å². The first-order valence-corrected chi connectivity index (χ1v) is 17.7. The molecule has 2 aliphatic heterocycles. The van der Waals surface area contributed by atoms with Gasteiger partial charge in [0.1, 0.15) is 18.6 Å². The molecule has 1 aliphatic carbocycles. The first-order chi connectivity index (χ1) is 22.5. The average Bonchev–Trinajstić information content (AvgIpc) is 3.38. The van der Waals surface area contributed by atoms with E-state index in [9.17, 15) is 0 Å². The Balaban J connectivity index is 1.42. The molecule has 0 saturated heterocycles. The summed E-state index contributed by atoms with van der Waals surface area (Å²) in [4.78, 5) is 2.57. The van der Waals surface area contributed by atoms with E-state index in [-0.39, 0.29) is 10.8 Å². The Labute approximate surface area is 283 Å². The molecule has 3 aliphatic rings. The molecule has 2 heterocycles. The number of ether oxygens (including phenoxy) is 1. The van der Waals surface area contributed by atoms with Gasteiger partial charge < -0.3 is 9.64 Å². The number of fused-ring (bicyclic) bond motifs is 2. The second kappa shape index (κ2) is 13.2. The molecule has 3 aromatic carbocycles. The largest absolute Gasteiger partial charge is 0.457 e. The number of para-hydroxylation sites is 1. The molecule has 0 amide bonds. The summed E-state index contributed by atoms with van der Waals surface area (Å²) >= 11 is 0. The molecular weight excluding hydrogens is 572 g/mol. The molecule has 6 rings (SSSR count). The maximum atomic E-state index is 6.84. The fraction of sp³-hybridized carbons (Fsp3) is 0.386. The Morgan fingerprint density at radius 1 is 0.809 bits per heavy atom. The molecule has 0 unspecified atom stereocenters. The Morgan fingerprint density at radius 2 is 1.55 bits per heavy atom. The zero-order valence-corrected chi connectivity index (χ0v) is 29.9. The average molecular weight is 626 g/mol.